The highest BCUT2D eigenvalue weighted by Crippen LogP contribution is 2.23. The zero-order chi connectivity index (χ0) is 43.8. The van der Waals surface area contributed by atoms with Gasteiger partial charge in [-0.1, -0.05) is 227 Å². The predicted molar refractivity (Wildman–Crippen MR) is 260 cm³/mol. The highest BCUT2D eigenvalue weighted by atomic mass is 16.5. The maximum Gasteiger partial charge on any atom is 0.308 e. The van der Waals surface area contributed by atoms with Crippen molar-refractivity contribution in [3.63, 3.8) is 0 Å². The molecule has 0 aliphatic heterocycles. The van der Waals surface area contributed by atoms with E-state index in [1.807, 2.05) is 0 Å². The molecule has 0 fully saturated rings. The number of aliphatic hydroxyl groups excluding tert-OH is 1. The second kappa shape index (κ2) is 48.9. The van der Waals surface area contributed by atoms with E-state index in [2.05, 4.69) is 32.6 Å². The molecule has 0 rings (SSSR count). The molecule has 0 radical (unpaired) electrons. The van der Waals surface area contributed by atoms with Crippen LogP contribution >= 0.6 is 0 Å². The summed E-state index contributed by atoms with van der Waals surface area (Å²) in [5.74, 6) is 0.628. The highest BCUT2D eigenvalue weighted by molar-refractivity contribution is 5.72. The van der Waals surface area contributed by atoms with Crippen molar-refractivity contribution in [2.24, 2.45) is 11.8 Å². The van der Waals surface area contributed by atoms with Crippen molar-refractivity contribution in [1.82, 2.24) is 4.90 Å². The lowest BCUT2D eigenvalue weighted by molar-refractivity contribution is -0.149. The average molecular weight is 850 g/mol. The van der Waals surface area contributed by atoms with Crippen molar-refractivity contribution in [3.05, 3.63) is 0 Å². The van der Waals surface area contributed by atoms with Crippen LogP contribution in [0.15, 0.2) is 0 Å². The summed E-state index contributed by atoms with van der Waals surface area (Å²) in [6.07, 6.45) is 48.7. The van der Waals surface area contributed by atoms with Crippen LogP contribution in [0.1, 0.15) is 285 Å². The summed E-state index contributed by atoms with van der Waals surface area (Å²) in [5.41, 5.74) is 0. The van der Waals surface area contributed by atoms with Gasteiger partial charge >= 0.3 is 11.9 Å². The molecule has 6 heteroatoms. The Morgan fingerprint density at radius 3 is 1.22 bits per heavy atom. The lowest BCUT2D eigenvalue weighted by Crippen LogP contribution is -2.29. The lowest BCUT2D eigenvalue weighted by Gasteiger charge is -2.21. The number of nitrogens with zero attached hydrogens (tertiary/aromatic N) is 1. The summed E-state index contributed by atoms with van der Waals surface area (Å²) >= 11 is 0. The summed E-state index contributed by atoms with van der Waals surface area (Å²) in [4.78, 5) is 28.2. The Balaban J connectivity index is 4.34. The third-order valence-corrected chi connectivity index (χ3v) is 12.9. The Hall–Kier alpha value is -1.14. The van der Waals surface area contributed by atoms with Crippen LogP contribution < -0.4 is 0 Å². The minimum absolute atomic E-state index is 0.0198. The third kappa shape index (κ3) is 42.2. The predicted octanol–water partition coefficient (Wildman–Crippen LogP) is 16.3. The van der Waals surface area contributed by atoms with Gasteiger partial charge in [0, 0.05) is 13.0 Å². The van der Waals surface area contributed by atoms with Crippen LogP contribution in [-0.4, -0.2) is 61.4 Å². The molecule has 358 valence electrons. The van der Waals surface area contributed by atoms with Gasteiger partial charge in [0.1, 0.15) is 0 Å². The Morgan fingerprint density at radius 1 is 0.417 bits per heavy atom. The van der Waals surface area contributed by atoms with Crippen LogP contribution in [0.25, 0.3) is 0 Å². The van der Waals surface area contributed by atoms with Gasteiger partial charge in [-0.2, -0.15) is 0 Å². The van der Waals surface area contributed by atoms with Crippen LogP contribution in [0.5, 0.6) is 0 Å². The van der Waals surface area contributed by atoms with Gasteiger partial charge in [-0.15, -0.1) is 0 Å². The Kier molecular flexibility index (Phi) is 48.0. The first-order valence-corrected chi connectivity index (χ1v) is 27.2. The van der Waals surface area contributed by atoms with E-state index in [9.17, 15) is 14.7 Å². The van der Waals surface area contributed by atoms with Crippen molar-refractivity contribution in [3.8, 4) is 0 Å². The van der Waals surface area contributed by atoms with Gasteiger partial charge in [-0.3, -0.25) is 9.59 Å². The van der Waals surface area contributed by atoms with Crippen LogP contribution in [0.4, 0.5) is 0 Å². The maximum absolute atomic E-state index is 13.1. The molecular formula is C54H107NO5. The normalized spacial score (nSPS) is 12.6. The second-order valence-corrected chi connectivity index (χ2v) is 18.8. The van der Waals surface area contributed by atoms with E-state index in [0.29, 0.717) is 32.1 Å². The molecule has 60 heavy (non-hydrogen) atoms. The van der Waals surface area contributed by atoms with E-state index < -0.39 is 0 Å². The molecule has 0 amide bonds. The Morgan fingerprint density at radius 2 is 0.783 bits per heavy atom. The Bertz CT molecular complexity index is 867. The molecule has 6 nitrogen and oxygen atoms in total. The van der Waals surface area contributed by atoms with Crippen molar-refractivity contribution in [2.45, 2.75) is 285 Å². The van der Waals surface area contributed by atoms with Crippen molar-refractivity contribution >= 4 is 11.9 Å². The molecule has 0 bridgehead atoms. The molecule has 0 saturated heterocycles. The fourth-order valence-corrected chi connectivity index (χ4v) is 8.79. The van der Waals surface area contributed by atoms with Gasteiger partial charge in [0.05, 0.1) is 25.7 Å². The van der Waals surface area contributed by atoms with Gasteiger partial charge in [-0.05, 0) is 70.4 Å². The van der Waals surface area contributed by atoms with Crippen molar-refractivity contribution < 1.29 is 24.2 Å². The average Bonchev–Trinajstić information content (AvgIpc) is 3.25. The molecule has 1 N–H and O–H groups in total. The third-order valence-electron chi connectivity index (χ3n) is 12.9. The molecule has 0 saturated carbocycles. The molecule has 2 atom stereocenters. The number of aliphatic hydroxyl groups is 1. The number of rotatable bonds is 50. The first kappa shape index (κ1) is 58.9. The molecule has 0 heterocycles. The maximum atomic E-state index is 13.1. The van der Waals surface area contributed by atoms with Gasteiger partial charge in [-0.25, -0.2) is 0 Å². The highest BCUT2D eigenvalue weighted by Gasteiger charge is 2.19. The number of esters is 2. The van der Waals surface area contributed by atoms with Gasteiger partial charge in [0.2, 0.25) is 0 Å². The molecule has 0 aromatic heterocycles. The summed E-state index contributed by atoms with van der Waals surface area (Å²) in [6, 6.07) is 0. The molecule has 0 aliphatic rings. The SMILES string of the molecule is CCCCCCCCCCC(CCCCCCCC)COC(=O)CCCCCN(CCO)CCCCCCOC(=O)C(CCCCCCCC)CCCCCCCCCC. The topological polar surface area (TPSA) is 76.1 Å². The fraction of sp³-hybridized carbons (Fsp3) is 0.963. The first-order chi connectivity index (χ1) is 29.5. The molecule has 0 aliphatic carbocycles. The summed E-state index contributed by atoms with van der Waals surface area (Å²) in [5, 5.41) is 9.68. The number of unbranched alkanes of at least 4 members (excludes halogenated alkanes) is 29. The summed E-state index contributed by atoms with van der Waals surface area (Å²) in [6.45, 7) is 13.1. The molecule has 2 unspecified atom stereocenters. The van der Waals surface area contributed by atoms with E-state index in [-0.39, 0.29) is 24.5 Å². The summed E-state index contributed by atoms with van der Waals surface area (Å²) in [7, 11) is 0. The fourth-order valence-electron chi connectivity index (χ4n) is 8.79. The largest absolute Gasteiger partial charge is 0.465 e. The number of ether oxygens (including phenoxy) is 2. The van der Waals surface area contributed by atoms with Crippen LogP contribution in [-0.2, 0) is 19.1 Å². The van der Waals surface area contributed by atoms with E-state index >= 15 is 0 Å². The standard InChI is InChI=1S/C54H107NO5/c1-5-9-13-17-21-23-26-33-41-51(40-32-25-19-15-11-7-3)50-60-53(57)44-36-31-38-46-55(47-48-56)45-37-29-30-39-49-59-54(58)52(42-34-27-20-16-12-8-4)43-35-28-24-22-18-14-10-6-2/h51-52,56H,5-50H2,1-4H3. The minimum Gasteiger partial charge on any atom is -0.465 e. The van der Waals surface area contributed by atoms with E-state index in [0.717, 1.165) is 83.7 Å². The molecule has 0 aromatic rings. The number of hydrogen-bond acceptors (Lipinski definition) is 6. The second-order valence-electron chi connectivity index (χ2n) is 18.8. The van der Waals surface area contributed by atoms with Crippen LogP contribution in [0.2, 0.25) is 0 Å². The van der Waals surface area contributed by atoms with Gasteiger partial charge in [0.25, 0.3) is 0 Å². The van der Waals surface area contributed by atoms with Gasteiger partial charge < -0.3 is 19.5 Å². The Labute approximate surface area is 375 Å². The minimum atomic E-state index is -0.0198. The lowest BCUT2D eigenvalue weighted by atomic mass is 9.94. The quantitative estimate of drug-likeness (QED) is 0.0485. The molecule has 0 aromatic carbocycles. The zero-order valence-electron chi connectivity index (χ0n) is 41.2. The van der Waals surface area contributed by atoms with E-state index in [1.165, 1.54) is 180 Å². The van der Waals surface area contributed by atoms with Crippen molar-refractivity contribution in [2.75, 3.05) is 39.5 Å². The zero-order valence-corrected chi connectivity index (χ0v) is 41.2. The van der Waals surface area contributed by atoms with Gasteiger partial charge in [0.15, 0.2) is 0 Å². The first-order valence-electron chi connectivity index (χ1n) is 27.2. The molecular weight excluding hydrogens is 743 g/mol. The monoisotopic (exact) mass is 850 g/mol. The number of hydrogen-bond donors (Lipinski definition) is 1. The van der Waals surface area contributed by atoms with E-state index in [1.54, 1.807) is 0 Å². The smallest absolute Gasteiger partial charge is 0.308 e. The molecule has 0 spiro atoms. The van der Waals surface area contributed by atoms with Crippen LogP contribution in [0, 0.1) is 11.8 Å². The van der Waals surface area contributed by atoms with Crippen LogP contribution in [0.3, 0.4) is 0 Å². The number of carbonyl (C=O) groups excluding carboxylic acids is 2. The van der Waals surface area contributed by atoms with Crippen molar-refractivity contribution in [1.29, 1.82) is 0 Å². The summed E-state index contributed by atoms with van der Waals surface area (Å²) < 4.78 is 11.7. The van der Waals surface area contributed by atoms with E-state index in [4.69, 9.17) is 9.47 Å². The number of carbonyl (C=O) groups is 2.